The van der Waals surface area contributed by atoms with E-state index in [9.17, 15) is 4.79 Å². The summed E-state index contributed by atoms with van der Waals surface area (Å²) in [6.07, 6.45) is 0.587. The van der Waals surface area contributed by atoms with E-state index in [0.29, 0.717) is 12.2 Å². The maximum atomic E-state index is 11.1. The molecule has 0 fully saturated rings. The van der Waals surface area contributed by atoms with Crippen LogP contribution >= 0.6 is 0 Å². The first kappa shape index (κ1) is 13.2. The summed E-state index contributed by atoms with van der Waals surface area (Å²) < 4.78 is 2.00. The van der Waals surface area contributed by atoms with Crippen LogP contribution in [0, 0.1) is 0 Å². The maximum Gasteiger partial charge on any atom is 0.426 e. The monoisotopic (exact) mass is 281 g/mol. The average Bonchev–Trinajstić information content (AvgIpc) is 2.86. The van der Waals surface area contributed by atoms with Crippen LogP contribution in [0.1, 0.15) is 5.56 Å². The average molecular weight is 281 g/mol. The van der Waals surface area contributed by atoms with Crippen molar-refractivity contribution in [3.05, 3.63) is 66.4 Å². The van der Waals surface area contributed by atoms with Crippen molar-refractivity contribution >= 4 is 22.7 Å². The molecule has 0 atom stereocenters. The third kappa shape index (κ3) is 2.46. The second kappa shape index (κ2) is 5.30. The lowest BCUT2D eigenvalue weighted by Crippen LogP contribution is -2.35. The highest BCUT2D eigenvalue weighted by atomic mass is 16.4. The fraction of sp³-hybridized carbons (Fsp3) is 0.0625. The molecule has 3 N–H and O–H groups in total. The van der Waals surface area contributed by atoms with Gasteiger partial charge in [-0.1, -0.05) is 48.5 Å². The Hall–Kier alpha value is -2.79. The molecule has 21 heavy (non-hydrogen) atoms. The van der Waals surface area contributed by atoms with E-state index in [1.807, 2.05) is 59.2 Å². The van der Waals surface area contributed by atoms with Gasteiger partial charge in [-0.3, -0.25) is 0 Å². The van der Waals surface area contributed by atoms with Crippen molar-refractivity contribution in [3.8, 4) is 0 Å². The van der Waals surface area contributed by atoms with Crippen LogP contribution in [0.2, 0.25) is 0 Å². The molecule has 0 spiro atoms. The highest BCUT2D eigenvalue weighted by Crippen LogP contribution is 2.28. The second-order valence-corrected chi connectivity index (χ2v) is 4.80. The van der Waals surface area contributed by atoms with Gasteiger partial charge in [0.1, 0.15) is 0 Å². The number of hydrogen-bond acceptors (Lipinski definition) is 2. The molecule has 3 rings (SSSR count). The van der Waals surface area contributed by atoms with Gasteiger partial charge in [0.25, 0.3) is 0 Å². The van der Waals surface area contributed by atoms with Crippen molar-refractivity contribution in [1.29, 1.82) is 0 Å². The van der Waals surface area contributed by atoms with Crippen molar-refractivity contribution in [3.63, 3.8) is 0 Å². The molecule has 106 valence electrons. The molecule has 0 aliphatic carbocycles. The number of rotatable bonds is 3. The number of amides is 1. The van der Waals surface area contributed by atoms with Gasteiger partial charge in [0.2, 0.25) is 0 Å². The normalized spacial score (nSPS) is 10.7. The molecule has 5 heteroatoms. The van der Waals surface area contributed by atoms with Gasteiger partial charge in [0, 0.05) is 18.1 Å². The molecule has 2 aromatic carbocycles. The van der Waals surface area contributed by atoms with Crippen LogP contribution < -0.4 is 10.9 Å². The van der Waals surface area contributed by atoms with Gasteiger partial charge < -0.3 is 9.67 Å². The Balaban J connectivity index is 2.09. The molecule has 1 heterocycles. The predicted molar refractivity (Wildman–Crippen MR) is 82.2 cm³/mol. The van der Waals surface area contributed by atoms with Crippen molar-refractivity contribution in [1.82, 2.24) is 4.57 Å². The quantitative estimate of drug-likeness (QED) is 0.440. The van der Waals surface area contributed by atoms with Crippen LogP contribution in [0.25, 0.3) is 10.9 Å². The number of hydrazine groups is 1. The Kier molecular flexibility index (Phi) is 3.33. The predicted octanol–water partition coefficient (Wildman–Crippen LogP) is 3.05. The summed E-state index contributed by atoms with van der Waals surface area (Å²) in [5.74, 6) is 5.63. The Morgan fingerprint density at radius 3 is 2.48 bits per heavy atom. The molecule has 0 bridgehead atoms. The molecule has 0 unspecified atom stereocenters. The lowest BCUT2D eigenvalue weighted by atomic mass is 10.2. The lowest BCUT2D eigenvalue weighted by Gasteiger charge is -2.10. The minimum Gasteiger partial charge on any atom is -0.464 e. The standard InChI is InChI=1S/C16H15N3O2/c17-19(16(20)21)15-11-18(10-12-6-2-1-3-7-12)14-9-5-4-8-13(14)15/h1-9,11H,10,17H2,(H,20,21). The third-order valence-electron chi connectivity index (χ3n) is 3.43. The van der Waals surface area contributed by atoms with E-state index < -0.39 is 6.09 Å². The highest BCUT2D eigenvalue weighted by Gasteiger charge is 2.16. The maximum absolute atomic E-state index is 11.1. The van der Waals surface area contributed by atoms with Gasteiger partial charge in [-0.05, 0) is 11.6 Å². The van der Waals surface area contributed by atoms with E-state index in [1.54, 1.807) is 6.20 Å². The molecule has 0 aliphatic rings. The van der Waals surface area contributed by atoms with Gasteiger partial charge in [-0.25, -0.2) is 15.6 Å². The zero-order valence-corrected chi connectivity index (χ0v) is 11.3. The third-order valence-corrected chi connectivity index (χ3v) is 3.43. The molecule has 0 aliphatic heterocycles. The molecule has 0 saturated heterocycles. The summed E-state index contributed by atoms with van der Waals surface area (Å²) in [4.78, 5) is 11.1. The zero-order valence-electron chi connectivity index (χ0n) is 11.3. The van der Waals surface area contributed by atoms with Gasteiger partial charge in [0.05, 0.1) is 11.2 Å². The number of nitrogens with two attached hydrogens (primary N) is 1. The van der Waals surface area contributed by atoms with Crippen LogP contribution in [0.4, 0.5) is 10.5 Å². The Morgan fingerprint density at radius 2 is 1.76 bits per heavy atom. The molecule has 1 aromatic heterocycles. The van der Waals surface area contributed by atoms with Gasteiger partial charge in [0.15, 0.2) is 0 Å². The summed E-state index contributed by atoms with van der Waals surface area (Å²) in [6.45, 7) is 0.662. The van der Waals surface area contributed by atoms with Crippen LogP contribution in [0.15, 0.2) is 60.8 Å². The summed E-state index contributed by atoms with van der Waals surface area (Å²) in [5, 5.41) is 10.7. The van der Waals surface area contributed by atoms with Crippen LogP contribution in [-0.2, 0) is 6.54 Å². The summed E-state index contributed by atoms with van der Waals surface area (Å²) in [5.41, 5.74) is 2.57. The van der Waals surface area contributed by atoms with Crippen molar-refractivity contribution < 1.29 is 9.90 Å². The minimum absolute atomic E-state index is 0.481. The number of anilines is 1. The van der Waals surface area contributed by atoms with Crippen LogP contribution in [-0.4, -0.2) is 15.8 Å². The number of benzene rings is 2. The Morgan fingerprint density at radius 1 is 1.10 bits per heavy atom. The molecule has 3 aromatic rings. The number of carboxylic acid groups (broad SMARTS) is 1. The number of fused-ring (bicyclic) bond motifs is 1. The molecular weight excluding hydrogens is 266 g/mol. The first-order chi connectivity index (χ1) is 10.2. The summed E-state index contributed by atoms with van der Waals surface area (Å²) in [7, 11) is 0. The number of nitrogens with zero attached hydrogens (tertiary/aromatic N) is 2. The smallest absolute Gasteiger partial charge is 0.426 e. The molecule has 0 radical (unpaired) electrons. The minimum atomic E-state index is -1.18. The van der Waals surface area contributed by atoms with Gasteiger partial charge >= 0.3 is 6.09 Å². The van der Waals surface area contributed by atoms with Gasteiger partial charge in [-0.15, -0.1) is 0 Å². The van der Waals surface area contributed by atoms with E-state index in [-0.39, 0.29) is 0 Å². The Bertz CT molecular complexity index is 781. The van der Waals surface area contributed by atoms with Crippen molar-refractivity contribution in [2.75, 3.05) is 5.01 Å². The summed E-state index contributed by atoms with van der Waals surface area (Å²) >= 11 is 0. The molecule has 1 amide bonds. The zero-order chi connectivity index (χ0) is 14.8. The number of hydrogen-bond donors (Lipinski definition) is 2. The number of carbonyl (C=O) groups is 1. The van der Waals surface area contributed by atoms with E-state index in [0.717, 1.165) is 21.5 Å². The molecule has 0 saturated carbocycles. The second-order valence-electron chi connectivity index (χ2n) is 4.80. The fourth-order valence-electron chi connectivity index (χ4n) is 2.43. The topological polar surface area (TPSA) is 71.5 Å². The SMILES string of the molecule is NN(C(=O)O)c1cn(Cc2ccccc2)c2ccccc12. The van der Waals surface area contributed by atoms with E-state index >= 15 is 0 Å². The fourth-order valence-corrected chi connectivity index (χ4v) is 2.43. The van der Waals surface area contributed by atoms with Gasteiger partial charge in [-0.2, -0.15) is 0 Å². The number of para-hydroxylation sites is 1. The largest absolute Gasteiger partial charge is 0.464 e. The van der Waals surface area contributed by atoms with Crippen LogP contribution in [0.3, 0.4) is 0 Å². The number of aromatic nitrogens is 1. The van der Waals surface area contributed by atoms with Crippen molar-refractivity contribution in [2.24, 2.45) is 5.84 Å². The molecule has 5 nitrogen and oxygen atoms in total. The van der Waals surface area contributed by atoms with E-state index in [4.69, 9.17) is 10.9 Å². The first-order valence-electron chi connectivity index (χ1n) is 6.56. The lowest BCUT2D eigenvalue weighted by molar-refractivity contribution is 0.202. The highest BCUT2D eigenvalue weighted by molar-refractivity contribution is 6.00. The van der Waals surface area contributed by atoms with Crippen molar-refractivity contribution in [2.45, 2.75) is 6.54 Å². The Labute approximate surface area is 121 Å². The molecular formula is C16H15N3O2. The summed E-state index contributed by atoms with van der Waals surface area (Å²) in [6, 6.07) is 17.6. The van der Waals surface area contributed by atoms with E-state index in [2.05, 4.69) is 0 Å². The van der Waals surface area contributed by atoms with E-state index in [1.165, 1.54) is 0 Å². The van der Waals surface area contributed by atoms with Crippen LogP contribution in [0.5, 0.6) is 0 Å². The first-order valence-corrected chi connectivity index (χ1v) is 6.56.